The quantitative estimate of drug-likeness (QED) is 0.454. The van der Waals surface area contributed by atoms with Crippen LogP contribution >= 0.6 is 27.3 Å². The molecular formula is C18H11BrFN3O2S. The van der Waals surface area contributed by atoms with Crippen LogP contribution in [0.1, 0.15) is 16.1 Å². The first kappa shape index (κ1) is 16.9. The molecule has 0 spiro atoms. The number of fused-ring (bicyclic) bond motifs is 1. The van der Waals surface area contributed by atoms with E-state index in [0.29, 0.717) is 20.0 Å². The highest BCUT2D eigenvalue weighted by molar-refractivity contribution is 9.10. The number of thiazole rings is 1. The number of pyridine rings is 1. The number of furan rings is 1. The van der Waals surface area contributed by atoms with Gasteiger partial charge in [0, 0.05) is 12.4 Å². The van der Waals surface area contributed by atoms with Crippen molar-refractivity contribution in [1.29, 1.82) is 0 Å². The van der Waals surface area contributed by atoms with Crippen molar-refractivity contribution in [3.8, 4) is 0 Å². The minimum atomic E-state index is -0.340. The normalized spacial score (nSPS) is 11.0. The van der Waals surface area contributed by atoms with Gasteiger partial charge in [-0.1, -0.05) is 17.4 Å². The van der Waals surface area contributed by atoms with Crippen LogP contribution in [0.4, 0.5) is 9.52 Å². The van der Waals surface area contributed by atoms with E-state index in [1.165, 1.54) is 28.4 Å². The molecule has 0 fully saturated rings. The smallest absolute Gasteiger partial charge is 0.296 e. The Balaban J connectivity index is 1.76. The predicted octanol–water partition coefficient (Wildman–Crippen LogP) is 5.03. The van der Waals surface area contributed by atoms with Crippen LogP contribution in [0.3, 0.4) is 0 Å². The molecule has 0 aliphatic rings. The van der Waals surface area contributed by atoms with E-state index in [1.807, 2.05) is 6.07 Å². The maximum absolute atomic E-state index is 13.5. The van der Waals surface area contributed by atoms with Gasteiger partial charge in [0.25, 0.3) is 5.91 Å². The summed E-state index contributed by atoms with van der Waals surface area (Å²) in [6.45, 7) is 0.271. The molecule has 1 aromatic carbocycles. The number of anilines is 1. The summed E-state index contributed by atoms with van der Waals surface area (Å²) < 4.78 is 20.0. The van der Waals surface area contributed by atoms with Crippen molar-refractivity contribution in [2.45, 2.75) is 6.54 Å². The van der Waals surface area contributed by atoms with Crippen molar-refractivity contribution in [1.82, 2.24) is 9.97 Å². The highest BCUT2D eigenvalue weighted by Crippen LogP contribution is 2.31. The van der Waals surface area contributed by atoms with Crippen molar-refractivity contribution in [3.63, 3.8) is 0 Å². The Morgan fingerprint density at radius 1 is 1.27 bits per heavy atom. The SMILES string of the molecule is O=C(c1ccc(Br)o1)N(Cc1cccnc1)c1nc2ccc(F)cc2s1. The Morgan fingerprint density at radius 3 is 2.88 bits per heavy atom. The number of nitrogens with zero attached hydrogens (tertiary/aromatic N) is 3. The summed E-state index contributed by atoms with van der Waals surface area (Å²) in [7, 11) is 0. The third-order valence-electron chi connectivity index (χ3n) is 3.66. The zero-order valence-corrected chi connectivity index (χ0v) is 15.6. The molecular weight excluding hydrogens is 421 g/mol. The third-order valence-corrected chi connectivity index (χ3v) is 5.13. The van der Waals surface area contributed by atoms with Gasteiger partial charge in [0.1, 0.15) is 5.82 Å². The number of carbonyl (C=O) groups excluding carboxylic acids is 1. The zero-order valence-electron chi connectivity index (χ0n) is 13.2. The van der Waals surface area contributed by atoms with E-state index < -0.39 is 0 Å². The fraction of sp³-hybridized carbons (Fsp3) is 0.0556. The number of halogens is 2. The Labute approximate surface area is 160 Å². The first-order valence-corrected chi connectivity index (χ1v) is 9.23. The van der Waals surface area contributed by atoms with Crippen molar-refractivity contribution >= 4 is 48.5 Å². The minimum Gasteiger partial charge on any atom is -0.444 e. The summed E-state index contributed by atoms with van der Waals surface area (Å²) in [5, 5.41) is 0.465. The summed E-state index contributed by atoms with van der Waals surface area (Å²) in [5.41, 5.74) is 1.48. The molecule has 4 aromatic rings. The lowest BCUT2D eigenvalue weighted by molar-refractivity contribution is 0.0957. The van der Waals surface area contributed by atoms with Crippen molar-refractivity contribution in [2.24, 2.45) is 0 Å². The van der Waals surface area contributed by atoms with E-state index in [0.717, 1.165) is 5.56 Å². The molecule has 0 aliphatic carbocycles. The molecule has 0 aliphatic heterocycles. The monoisotopic (exact) mass is 431 g/mol. The van der Waals surface area contributed by atoms with Gasteiger partial charge in [0.15, 0.2) is 15.6 Å². The Bertz CT molecular complexity index is 1080. The first-order valence-electron chi connectivity index (χ1n) is 7.62. The average Bonchev–Trinajstić information content (AvgIpc) is 3.25. The number of aromatic nitrogens is 2. The molecule has 0 saturated heterocycles. The van der Waals surface area contributed by atoms with Gasteiger partial charge in [0.05, 0.1) is 16.8 Å². The number of benzene rings is 1. The molecule has 0 radical (unpaired) electrons. The van der Waals surface area contributed by atoms with E-state index in [9.17, 15) is 9.18 Å². The number of hydrogen-bond acceptors (Lipinski definition) is 5. The van der Waals surface area contributed by atoms with Gasteiger partial charge in [-0.2, -0.15) is 0 Å². The number of hydrogen-bond donors (Lipinski definition) is 0. The maximum Gasteiger partial charge on any atom is 0.296 e. The van der Waals surface area contributed by atoms with Gasteiger partial charge in [-0.15, -0.1) is 0 Å². The molecule has 0 N–H and O–H groups in total. The standard InChI is InChI=1S/C18H11BrFN3O2S/c19-16-6-5-14(25-16)17(24)23(10-11-2-1-7-21-9-11)18-22-13-4-3-12(20)8-15(13)26-18/h1-9H,10H2. The molecule has 0 saturated carbocycles. The lowest BCUT2D eigenvalue weighted by Gasteiger charge is -2.18. The van der Waals surface area contributed by atoms with Gasteiger partial charge in [-0.3, -0.25) is 14.7 Å². The van der Waals surface area contributed by atoms with Crippen LogP contribution in [0.25, 0.3) is 10.2 Å². The molecule has 4 rings (SSSR count). The second-order valence-electron chi connectivity index (χ2n) is 5.46. The van der Waals surface area contributed by atoms with Crippen LogP contribution < -0.4 is 4.90 Å². The maximum atomic E-state index is 13.5. The summed E-state index contributed by atoms with van der Waals surface area (Å²) in [5.74, 6) is -0.488. The largest absolute Gasteiger partial charge is 0.444 e. The topological polar surface area (TPSA) is 59.2 Å². The Hall–Kier alpha value is -2.58. The molecule has 130 valence electrons. The summed E-state index contributed by atoms with van der Waals surface area (Å²) in [6.07, 6.45) is 3.35. The second kappa shape index (κ2) is 6.97. The molecule has 3 aromatic heterocycles. The Kier molecular flexibility index (Phi) is 4.52. The van der Waals surface area contributed by atoms with E-state index >= 15 is 0 Å². The van der Waals surface area contributed by atoms with E-state index in [-0.39, 0.29) is 24.0 Å². The van der Waals surface area contributed by atoms with Gasteiger partial charge in [-0.05, 0) is 57.9 Å². The van der Waals surface area contributed by atoms with Gasteiger partial charge in [-0.25, -0.2) is 9.37 Å². The van der Waals surface area contributed by atoms with Crippen LogP contribution in [-0.2, 0) is 6.54 Å². The number of carbonyl (C=O) groups is 1. The van der Waals surface area contributed by atoms with Crippen molar-refractivity contribution < 1.29 is 13.6 Å². The lowest BCUT2D eigenvalue weighted by atomic mass is 10.2. The van der Waals surface area contributed by atoms with Crippen LogP contribution in [0, 0.1) is 5.82 Å². The van der Waals surface area contributed by atoms with E-state index in [4.69, 9.17) is 4.42 Å². The minimum absolute atomic E-state index is 0.186. The highest BCUT2D eigenvalue weighted by Gasteiger charge is 2.24. The van der Waals surface area contributed by atoms with Crippen LogP contribution in [0.5, 0.6) is 0 Å². The highest BCUT2D eigenvalue weighted by atomic mass is 79.9. The summed E-state index contributed by atoms with van der Waals surface area (Å²) >= 11 is 4.46. The molecule has 3 heterocycles. The summed E-state index contributed by atoms with van der Waals surface area (Å²) in [6, 6.07) is 11.3. The van der Waals surface area contributed by atoms with Crippen molar-refractivity contribution in [3.05, 3.63) is 76.7 Å². The molecule has 0 atom stereocenters. The van der Waals surface area contributed by atoms with E-state index in [1.54, 1.807) is 36.7 Å². The van der Waals surface area contributed by atoms with E-state index in [2.05, 4.69) is 25.9 Å². The van der Waals surface area contributed by atoms with Crippen molar-refractivity contribution in [2.75, 3.05) is 4.90 Å². The van der Waals surface area contributed by atoms with Crippen LogP contribution in [-0.4, -0.2) is 15.9 Å². The average molecular weight is 432 g/mol. The third kappa shape index (κ3) is 3.38. The van der Waals surface area contributed by atoms with Gasteiger partial charge >= 0.3 is 0 Å². The van der Waals surface area contributed by atoms with Crippen LogP contribution in [0.15, 0.2) is 63.9 Å². The molecule has 5 nitrogen and oxygen atoms in total. The molecule has 26 heavy (non-hydrogen) atoms. The predicted molar refractivity (Wildman–Crippen MR) is 101 cm³/mol. The lowest BCUT2D eigenvalue weighted by Crippen LogP contribution is -2.30. The number of rotatable bonds is 4. The molecule has 8 heteroatoms. The number of amides is 1. The van der Waals surface area contributed by atoms with Crippen LogP contribution in [0.2, 0.25) is 0 Å². The first-order chi connectivity index (χ1) is 12.6. The summed E-state index contributed by atoms with van der Waals surface area (Å²) in [4.78, 5) is 23.1. The second-order valence-corrected chi connectivity index (χ2v) is 7.26. The molecule has 0 unspecified atom stereocenters. The zero-order chi connectivity index (χ0) is 18.1. The van der Waals surface area contributed by atoms with Gasteiger partial charge in [0.2, 0.25) is 0 Å². The van der Waals surface area contributed by atoms with Gasteiger partial charge < -0.3 is 4.42 Å². The molecule has 0 bridgehead atoms. The molecule has 1 amide bonds. The fourth-order valence-corrected chi connectivity index (χ4v) is 3.76. The Morgan fingerprint density at radius 2 is 2.15 bits per heavy atom. The fourth-order valence-electron chi connectivity index (χ4n) is 2.46.